The van der Waals surface area contributed by atoms with Crippen molar-refractivity contribution in [3.05, 3.63) is 161 Å². The van der Waals surface area contributed by atoms with Gasteiger partial charge in [-0.2, -0.15) is 0 Å². The summed E-state index contributed by atoms with van der Waals surface area (Å²) in [5, 5.41) is 0. The zero-order chi connectivity index (χ0) is 39.5. The van der Waals surface area contributed by atoms with Crippen molar-refractivity contribution >= 4 is 23.5 Å². The number of carbonyl (C=O) groups excluding carboxylic acids is 4. The average Bonchev–Trinajstić information content (AvgIpc) is 3.24. The predicted octanol–water partition coefficient (Wildman–Crippen LogP) is 10.9. The van der Waals surface area contributed by atoms with Crippen LogP contribution in [0, 0.1) is 0 Å². The normalized spacial score (nSPS) is 11.3. The summed E-state index contributed by atoms with van der Waals surface area (Å²) in [7, 11) is 0. The lowest BCUT2D eigenvalue weighted by Crippen LogP contribution is -2.21. The standard InChI is InChI=1S/C48H50O8/c1-3-5-7-12-32-53-41-26-20-37(21-27-41)45(49)36-16-18-38(19-17-36)46(50)44(35-14-10-9-11-15-35)34-55-47(51)39-24-30-43(31-25-39)56-48(52)40-22-28-42(29-23-40)54-33-13-8-6-4-2/h9-11,14-31,44H,3-8,12-13,32-34H2,1-2H3. The monoisotopic (exact) mass is 754 g/mol. The fourth-order valence-corrected chi connectivity index (χ4v) is 6.06. The molecule has 1 atom stereocenters. The van der Waals surface area contributed by atoms with Gasteiger partial charge < -0.3 is 18.9 Å². The van der Waals surface area contributed by atoms with Crippen molar-refractivity contribution in [1.29, 1.82) is 0 Å². The molecular weight excluding hydrogens is 705 g/mol. The molecule has 0 aliphatic heterocycles. The molecule has 56 heavy (non-hydrogen) atoms. The summed E-state index contributed by atoms with van der Waals surface area (Å²) in [4.78, 5) is 52.9. The van der Waals surface area contributed by atoms with Gasteiger partial charge in [-0.25, -0.2) is 9.59 Å². The van der Waals surface area contributed by atoms with Gasteiger partial charge in [0.2, 0.25) is 0 Å². The summed E-state index contributed by atoms with van der Waals surface area (Å²) in [6, 6.07) is 35.5. The van der Waals surface area contributed by atoms with Crippen molar-refractivity contribution in [3.63, 3.8) is 0 Å². The van der Waals surface area contributed by atoms with Crippen LogP contribution in [0.25, 0.3) is 0 Å². The van der Waals surface area contributed by atoms with Gasteiger partial charge in [-0.05, 0) is 91.2 Å². The third-order valence-corrected chi connectivity index (χ3v) is 9.37. The van der Waals surface area contributed by atoms with E-state index in [-0.39, 0.29) is 29.5 Å². The van der Waals surface area contributed by atoms with E-state index in [4.69, 9.17) is 18.9 Å². The van der Waals surface area contributed by atoms with Gasteiger partial charge in [0, 0.05) is 16.7 Å². The van der Waals surface area contributed by atoms with E-state index in [1.807, 2.05) is 30.3 Å². The highest BCUT2D eigenvalue weighted by molar-refractivity contribution is 6.10. The first-order chi connectivity index (χ1) is 27.4. The van der Waals surface area contributed by atoms with Crippen LogP contribution in [0.5, 0.6) is 17.2 Å². The van der Waals surface area contributed by atoms with Gasteiger partial charge in [-0.1, -0.05) is 107 Å². The molecule has 0 radical (unpaired) electrons. The van der Waals surface area contributed by atoms with E-state index in [1.54, 1.807) is 72.8 Å². The van der Waals surface area contributed by atoms with Gasteiger partial charge >= 0.3 is 11.9 Å². The van der Waals surface area contributed by atoms with Crippen LogP contribution in [0.4, 0.5) is 0 Å². The lowest BCUT2D eigenvalue weighted by molar-refractivity contribution is 0.0472. The minimum Gasteiger partial charge on any atom is -0.494 e. The minimum absolute atomic E-state index is 0.166. The van der Waals surface area contributed by atoms with E-state index in [0.717, 1.165) is 37.9 Å². The molecule has 5 aromatic rings. The van der Waals surface area contributed by atoms with Gasteiger partial charge in [-0.15, -0.1) is 0 Å². The molecule has 0 aromatic heterocycles. The van der Waals surface area contributed by atoms with Gasteiger partial charge in [-0.3, -0.25) is 9.59 Å². The molecule has 0 aliphatic carbocycles. The SMILES string of the molecule is CCCCCCOc1ccc(C(=O)Oc2ccc(C(=O)OCC(C(=O)c3ccc(C(=O)c4ccc(OCCCCCC)cc4)cc3)c3ccccc3)cc2)cc1. The molecule has 5 aromatic carbocycles. The van der Waals surface area contributed by atoms with Crippen LogP contribution < -0.4 is 14.2 Å². The number of esters is 2. The molecule has 0 spiro atoms. The highest BCUT2D eigenvalue weighted by atomic mass is 16.5. The summed E-state index contributed by atoms with van der Waals surface area (Å²) in [5.74, 6) is -0.687. The molecule has 0 N–H and O–H groups in total. The molecule has 0 fully saturated rings. The maximum absolute atomic E-state index is 13.8. The molecule has 290 valence electrons. The van der Waals surface area contributed by atoms with Crippen LogP contribution in [0.15, 0.2) is 127 Å². The van der Waals surface area contributed by atoms with Crippen molar-refractivity contribution in [1.82, 2.24) is 0 Å². The van der Waals surface area contributed by atoms with E-state index >= 15 is 0 Å². The smallest absolute Gasteiger partial charge is 0.343 e. The maximum atomic E-state index is 13.8. The molecule has 0 saturated heterocycles. The van der Waals surface area contributed by atoms with Crippen LogP contribution in [0.3, 0.4) is 0 Å². The summed E-state index contributed by atoms with van der Waals surface area (Å²) in [6.45, 7) is 5.40. The first-order valence-corrected chi connectivity index (χ1v) is 19.5. The number of rotatable bonds is 22. The zero-order valence-electron chi connectivity index (χ0n) is 32.2. The molecule has 8 heteroatoms. The van der Waals surface area contributed by atoms with Crippen molar-refractivity contribution < 1.29 is 38.1 Å². The van der Waals surface area contributed by atoms with Crippen molar-refractivity contribution in [2.75, 3.05) is 19.8 Å². The molecule has 1 unspecified atom stereocenters. The van der Waals surface area contributed by atoms with E-state index in [0.29, 0.717) is 46.8 Å². The molecule has 0 heterocycles. The number of hydrogen-bond donors (Lipinski definition) is 0. The minimum atomic E-state index is -0.783. The van der Waals surface area contributed by atoms with Crippen molar-refractivity contribution in [2.45, 2.75) is 71.1 Å². The first-order valence-electron chi connectivity index (χ1n) is 19.5. The molecule has 5 rings (SSSR count). The van der Waals surface area contributed by atoms with Gasteiger partial charge in [0.1, 0.15) is 23.9 Å². The Balaban J connectivity index is 1.15. The Labute approximate surface area is 329 Å². The van der Waals surface area contributed by atoms with Crippen LogP contribution >= 0.6 is 0 Å². The molecular formula is C48H50O8. The van der Waals surface area contributed by atoms with Crippen molar-refractivity contribution in [2.24, 2.45) is 0 Å². The van der Waals surface area contributed by atoms with Gasteiger partial charge in [0.25, 0.3) is 0 Å². The van der Waals surface area contributed by atoms with Crippen LogP contribution in [0.1, 0.15) is 124 Å². The number of unbranched alkanes of at least 4 members (excludes halogenated alkanes) is 6. The van der Waals surface area contributed by atoms with E-state index in [9.17, 15) is 19.2 Å². The number of hydrogen-bond acceptors (Lipinski definition) is 8. The summed E-state index contributed by atoms with van der Waals surface area (Å²) < 4.78 is 22.7. The summed E-state index contributed by atoms with van der Waals surface area (Å²) >= 11 is 0. The van der Waals surface area contributed by atoms with Gasteiger partial charge in [0.15, 0.2) is 11.6 Å². The Morgan fingerprint density at radius 1 is 0.464 bits per heavy atom. The lowest BCUT2D eigenvalue weighted by atomic mass is 9.90. The Morgan fingerprint density at radius 3 is 1.43 bits per heavy atom. The lowest BCUT2D eigenvalue weighted by Gasteiger charge is -2.17. The van der Waals surface area contributed by atoms with Gasteiger partial charge in [0.05, 0.1) is 30.3 Å². The highest BCUT2D eigenvalue weighted by Crippen LogP contribution is 2.25. The number of benzene rings is 5. The number of Topliss-reactive ketones (excluding diaryl/α,β-unsaturated/α-hetero) is 1. The fraction of sp³-hybridized carbons (Fsp3) is 0.292. The maximum Gasteiger partial charge on any atom is 0.343 e. The van der Waals surface area contributed by atoms with E-state index < -0.39 is 17.9 Å². The number of ketones is 2. The third-order valence-electron chi connectivity index (χ3n) is 9.37. The highest BCUT2D eigenvalue weighted by Gasteiger charge is 2.25. The topological polar surface area (TPSA) is 105 Å². The Morgan fingerprint density at radius 2 is 0.911 bits per heavy atom. The molecule has 0 saturated carbocycles. The second kappa shape index (κ2) is 21.8. The molecule has 8 nitrogen and oxygen atoms in total. The Kier molecular flexibility index (Phi) is 16.0. The Bertz CT molecular complexity index is 1980. The van der Waals surface area contributed by atoms with E-state index in [2.05, 4.69) is 13.8 Å². The number of ether oxygens (including phenoxy) is 4. The second-order valence-electron chi connectivity index (χ2n) is 13.6. The average molecular weight is 755 g/mol. The largest absolute Gasteiger partial charge is 0.494 e. The van der Waals surface area contributed by atoms with Crippen LogP contribution in [-0.4, -0.2) is 43.3 Å². The first kappa shape index (κ1) is 41.1. The Hall–Kier alpha value is -6.02. The molecule has 0 aliphatic rings. The van der Waals surface area contributed by atoms with Crippen LogP contribution in [0.2, 0.25) is 0 Å². The molecule has 0 bridgehead atoms. The van der Waals surface area contributed by atoms with Crippen LogP contribution in [-0.2, 0) is 4.74 Å². The van der Waals surface area contributed by atoms with E-state index in [1.165, 1.54) is 43.5 Å². The summed E-state index contributed by atoms with van der Waals surface area (Å²) in [5.41, 5.74) is 2.64. The van der Waals surface area contributed by atoms with Crippen molar-refractivity contribution in [3.8, 4) is 17.2 Å². The number of carbonyl (C=O) groups is 4. The molecule has 0 amide bonds. The third kappa shape index (κ3) is 12.2. The predicted molar refractivity (Wildman–Crippen MR) is 217 cm³/mol. The fourth-order valence-electron chi connectivity index (χ4n) is 6.06. The summed E-state index contributed by atoms with van der Waals surface area (Å²) in [6.07, 6.45) is 8.94. The second-order valence-corrected chi connectivity index (χ2v) is 13.6. The quantitative estimate of drug-likeness (QED) is 0.0298. The zero-order valence-corrected chi connectivity index (χ0v) is 32.2.